The molecule has 1 aliphatic heterocycles. The highest BCUT2D eigenvalue weighted by Gasteiger charge is 2.28. The summed E-state index contributed by atoms with van der Waals surface area (Å²) in [6.45, 7) is 3.80. The Hall–Kier alpha value is -1.04. The number of esters is 1. The predicted octanol–water partition coefficient (Wildman–Crippen LogP) is 0.900. The van der Waals surface area contributed by atoms with E-state index in [9.17, 15) is 9.59 Å². The van der Waals surface area contributed by atoms with Crippen molar-refractivity contribution in [1.29, 1.82) is 0 Å². The summed E-state index contributed by atoms with van der Waals surface area (Å²) in [6, 6.07) is -0.629. The van der Waals surface area contributed by atoms with Crippen molar-refractivity contribution < 1.29 is 14.3 Å². The number of amides is 2. The third kappa shape index (κ3) is 2.71. The Bertz CT molecular complexity index is 314. The maximum absolute atomic E-state index is 11.6. The van der Waals surface area contributed by atoms with Gasteiger partial charge in [0, 0.05) is 11.0 Å². The Morgan fingerprint density at radius 3 is 2.80 bits per heavy atom. The number of halogens is 1. The number of allylic oxidation sites excluding steroid dienone is 1. The van der Waals surface area contributed by atoms with Gasteiger partial charge >= 0.3 is 12.0 Å². The summed E-state index contributed by atoms with van der Waals surface area (Å²) in [4.78, 5) is 22.7. The molecule has 0 saturated heterocycles. The maximum atomic E-state index is 11.6. The fraction of sp³-hybridized carbons (Fsp3) is 0.556. The number of nitrogens with one attached hydrogen (secondary N) is 2. The van der Waals surface area contributed by atoms with Crippen LogP contribution in [0.1, 0.15) is 13.8 Å². The fourth-order valence-corrected chi connectivity index (χ4v) is 1.83. The number of rotatable bonds is 3. The Morgan fingerprint density at radius 1 is 1.60 bits per heavy atom. The van der Waals surface area contributed by atoms with E-state index in [0.717, 1.165) is 0 Å². The van der Waals surface area contributed by atoms with Gasteiger partial charge in [-0.25, -0.2) is 9.59 Å². The molecule has 0 aromatic heterocycles. The molecule has 5 nitrogen and oxygen atoms in total. The minimum atomic E-state index is -0.396. The third-order valence-corrected chi connectivity index (χ3v) is 2.56. The molecule has 0 aromatic rings. The highest BCUT2D eigenvalue weighted by molar-refractivity contribution is 9.09. The van der Waals surface area contributed by atoms with Crippen molar-refractivity contribution in [3.05, 3.63) is 11.3 Å². The lowest BCUT2D eigenvalue weighted by Crippen LogP contribution is -2.49. The smallest absolute Gasteiger partial charge is 0.337 e. The van der Waals surface area contributed by atoms with Crippen LogP contribution >= 0.6 is 15.9 Å². The molecule has 2 N–H and O–H groups in total. The van der Waals surface area contributed by atoms with Gasteiger partial charge in [0.05, 0.1) is 18.2 Å². The van der Waals surface area contributed by atoms with E-state index in [1.165, 1.54) is 0 Å². The van der Waals surface area contributed by atoms with Crippen LogP contribution in [-0.4, -0.2) is 30.0 Å². The number of alkyl halides is 1. The van der Waals surface area contributed by atoms with E-state index in [0.29, 0.717) is 23.2 Å². The molecule has 0 saturated carbocycles. The first-order valence-corrected chi connectivity index (χ1v) is 5.76. The Labute approximate surface area is 96.4 Å². The van der Waals surface area contributed by atoms with Crippen LogP contribution in [0.3, 0.4) is 0 Å². The van der Waals surface area contributed by atoms with Gasteiger partial charge in [0.25, 0.3) is 0 Å². The average Bonchev–Trinajstić information content (AvgIpc) is 2.16. The zero-order valence-corrected chi connectivity index (χ0v) is 10.2. The summed E-state index contributed by atoms with van der Waals surface area (Å²) in [7, 11) is 0. The molecule has 1 aliphatic rings. The van der Waals surface area contributed by atoms with Crippen molar-refractivity contribution in [2.45, 2.75) is 19.9 Å². The van der Waals surface area contributed by atoms with Crippen molar-refractivity contribution in [1.82, 2.24) is 10.6 Å². The summed E-state index contributed by atoms with van der Waals surface area (Å²) in [5.41, 5.74) is 1.03. The second-order valence-electron chi connectivity index (χ2n) is 3.07. The topological polar surface area (TPSA) is 67.4 Å². The number of ether oxygens (including phenoxy) is 1. The van der Waals surface area contributed by atoms with Crippen LogP contribution in [0.2, 0.25) is 0 Å². The second kappa shape index (κ2) is 5.16. The van der Waals surface area contributed by atoms with E-state index in [-0.39, 0.29) is 12.1 Å². The van der Waals surface area contributed by atoms with Crippen LogP contribution in [0.4, 0.5) is 4.79 Å². The molecule has 0 radical (unpaired) electrons. The van der Waals surface area contributed by atoms with Gasteiger partial charge in [-0.05, 0) is 13.8 Å². The maximum Gasteiger partial charge on any atom is 0.337 e. The van der Waals surface area contributed by atoms with Crippen molar-refractivity contribution in [3.8, 4) is 0 Å². The highest BCUT2D eigenvalue weighted by Crippen LogP contribution is 2.15. The molecule has 2 amide bonds. The Kier molecular flexibility index (Phi) is 4.14. The van der Waals surface area contributed by atoms with E-state index in [1.54, 1.807) is 13.8 Å². The van der Waals surface area contributed by atoms with E-state index in [1.807, 2.05) is 0 Å². The monoisotopic (exact) mass is 276 g/mol. The number of hydrogen-bond acceptors (Lipinski definition) is 3. The van der Waals surface area contributed by atoms with Gasteiger partial charge in [-0.2, -0.15) is 0 Å². The van der Waals surface area contributed by atoms with Crippen LogP contribution in [0, 0.1) is 0 Å². The largest absolute Gasteiger partial charge is 0.463 e. The lowest BCUT2D eigenvalue weighted by atomic mass is 10.1. The van der Waals surface area contributed by atoms with Gasteiger partial charge in [0.2, 0.25) is 0 Å². The van der Waals surface area contributed by atoms with Gasteiger partial charge in [0.15, 0.2) is 0 Å². The molecule has 15 heavy (non-hydrogen) atoms. The van der Waals surface area contributed by atoms with E-state index >= 15 is 0 Å². The average molecular weight is 277 g/mol. The minimum Gasteiger partial charge on any atom is -0.463 e. The van der Waals surface area contributed by atoms with Crippen LogP contribution in [0.25, 0.3) is 0 Å². The summed E-state index contributed by atoms with van der Waals surface area (Å²) in [6.07, 6.45) is 0. The second-order valence-corrected chi connectivity index (χ2v) is 3.63. The summed E-state index contributed by atoms with van der Waals surface area (Å²) >= 11 is 3.22. The molecule has 0 bridgehead atoms. The molecule has 1 heterocycles. The van der Waals surface area contributed by atoms with Crippen LogP contribution in [-0.2, 0) is 9.53 Å². The third-order valence-electron chi connectivity index (χ3n) is 2.00. The molecule has 6 heteroatoms. The van der Waals surface area contributed by atoms with Gasteiger partial charge in [-0.15, -0.1) is 0 Å². The normalized spacial score (nSPS) is 20.7. The Balaban J connectivity index is 2.97. The molecular formula is C9H13BrN2O3. The van der Waals surface area contributed by atoms with Crippen LogP contribution in [0.15, 0.2) is 11.3 Å². The van der Waals surface area contributed by atoms with E-state index in [2.05, 4.69) is 26.6 Å². The lowest BCUT2D eigenvalue weighted by Gasteiger charge is -2.25. The zero-order valence-electron chi connectivity index (χ0n) is 8.59. The number of urea groups is 1. The standard InChI is InChI=1S/C9H13BrN2O3/c1-3-15-8(13)7-5(2)11-9(14)12-6(7)4-10/h5H,3-4H2,1-2H3,(H2,11,12,14). The first kappa shape index (κ1) is 12.0. The highest BCUT2D eigenvalue weighted by atomic mass is 79.9. The molecule has 1 unspecified atom stereocenters. The van der Waals surface area contributed by atoms with E-state index < -0.39 is 5.97 Å². The van der Waals surface area contributed by atoms with Gasteiger partial charge in [-0.1, -0.05) is 15.9 Å². The molecule has 1 atom stereocenters. The quantitative estimate of drug-likeness (QED) is 0.595. The van der Waals surface area contributed by atoms with Gasteiger partial charge < -0.3 is 15.4 Å². The minimum absolute atomic E-state index is 0.301. The summed E-state index contributed by atoms with van der Waals surface area (Å²) in [5.74, 6) is -0.396. The molecule has 0 fully saturated rings. The molecule has 0 aromatic carbocycles. The van der Waals surface area contributed by atoms with Crippen molar-refractivity contribution in [2.24, 2.45) is 0 Å². The molecular weight excluding hydrogens is 264 g/mol. The molecule has 84 valence electrons. The van der Waals surface area contributed by atoms with Crippen molar-refractivity contribution >= 4 is 27.9 Å². The number of hydrogen-bond donors (Lipinski definition) is 2. The zero-order chi connectivity index (χ0) is 11.4. The molecule has 0 aliphatic carbocycles. The predicted molar refractivity (Wildman–Crippen MR) is 58.6 cm³/mol. The van der Waals surface area contributed by atoms with Crippen LogP contribution < -0.4 is 10.6 Å². The van der Waals surface area contributed by atoms with Crippen molar-refractivity contribution in [2.75, 3.05) is 11.9 Å². The molecule has 1 rings (SSSR count). The summed E-state index contributed by atoms with van der Waals surface area (Å²) in [5, 5.41) is 5.59. The van der Waals surface area contributed by atoms with Gasteiger partial charge in [-0.3, -0.25) is 0 Å². The number of carbonyl (C=O) groups excluding carboxylic acids is 2. The Morgan fingerprint density at radius 2 is 2.27 bits per heavy atom. The first-order valence-electron chi connectivity index (χ1n) is 4.63. The van der Waals surface area contributed by atoms with Crippen LogP contribution in [0.5, 0.6) is 0 Å². The molecule has 0 spiro atoms. The lowest BCUT2D eigenvalue weighted by molar-refractivity contribution is -0.138. The van der Waals surface area contributed by atoms with Gasteiger partial charge in [0.1, 0.15) is 0 Å². The number of carbonyl (C=O) groups is 2. The first-order chi connectivity index (χ1) is 7.10. The summed E-state index contributed by atoms with van der Waals surface area (Å²) < 4.78 is 4.91. The van der Waals surface area contributed by atoms with Crippen molar-refractivity contribution in [3.63, 3.8) is 0 Å². The SMILES string of the molecule is CCOC(=O)C1=C(CBr)NC(=O)NC1C. The fourth-order valence-electron chi connectivity index (χ4n) is 1.38. The van der Waals surface area contributed by atoms with E-state index in [4.69, 9.17) is 4.74 Å².